The molecule has 0 saturated carbocycles. The van der Waals surface area contributed by atoms with Crippen LogP contribution in [0.3, 0.4) is 0 Å². The number of fused-ring (bicyclic) bond motifs is 5. The van der Waals surface area contributed by atoms with Gasteiger partial charge in [-0.25, -0.2) is 9.18 Å². The lowest BCUT2D eigenvalue weighted by Crippen LogP contribution is -2.47. The first kappa shape index (κ1) is 36.6. The molecule has 2 aromatic heterocycles. The zero-order valence-electron chi connectivity index (χ0n) is 32.1. The molecule has 0 aliphatic carbocycles. The molecule has 0 bridgehead atoms. The Morgan fingerprint density at radius 2 is 1.94 bits per heavy atom. The van der Waals surface area contributed by atoms with Crippen molar-refractivity contribution in [3.05, 3.63) is 58.0 Å². The van der Waals surface area contributed by atoms with E-state index < -0.39 is 23.4 Å². The van der Waals surface area contributed by atoms with Crippen LogP contribution in [0.2, 0.25) is 0 Å². The van der Waals surface area contributed by atoms with Gasteiger partial charge in [-0.2, -0.15) is 15.1 Å². The molecule has 2 saturated heterocycles. The Hall–Kier alpha value is -4.34. The van der Waals surface area contributed by atoms with Gasteiger partial charge in [0.05, 0.1) is 42.8 Å². The van der Waals surface area contributed by atoms with E-state index in [-0.39, 0.29) is 36.8 Å². The summed E-state index contributed by atoms with van der Waals surface area (Å²) >= 11 is 0. The van der Waals surface area contributed by atoms with Crippen molar-refractivity contribution in [1.82, 2.24) is 29.5 Å². The lowest BCUT2D eigenvalue weighted by Gasteiger charge is -2.45. The fourth-order valence-corrected chi connectivity index (χ4v) is 9.18. The first-order valence-corrected chi connectivity index (χ1v) is 19.0. The van der Waals surface area contributed by atoms with E-state index in [4.69, 9.17) is 24.2 Å². The van der Waals surface area contributed by atoms with Crippen molar-refractivity contribution < 1.29 is 33.3 Å². The first-order valence-electron chi connectivity index (χ1n) is 19.0. The topological polar surface area (TPSA) is 139 Å². The van der Waals surface area contributed by atoms with Gasteiger partial charge in [0.1, 0.15) is 24.2 Å². The number of halogens is 1. The van der Waals surface area contributed by atoms with E-state index >= 15 is 0 Å². The molecule has 2 amide bonds. The second-order valence-corrected chi connectivity index (χ2v) is 16.8. The third-order valence-corrected chi connectivity index (χ3v) is 11.8. The molecule has 15 heteroatoms. The molecule has 3 aromatic rings. The van der Waals surface area contributed by atoms with Crippen molar-refractivity contribution in [2.45, 2.75) is 108 Å². The van der Waals surface area contributed by atoms with Crippen molar-refractivity contribution >= 4 is 23.5 Å². The highest BCUT2D eigenvalue weighted by atomic mass is 19.1. The highest BCUT2D eigenvalue weighted by molar-refractivity contribution is 5.92. The number of alkyl halides is 1. The quantitative estimate of drug-likeness (QED) is 0.362. The number of rotatable bonds is 6. The molecule has 0 radical (unpaired) electrons. The summed E-state index contributed by atoms with van der Waals surface area (Å²) < 4.78 is 36.4. The number of carboxylic acid groups (broad SMARTS) is 1. The lowest BCUT2D eigenvalue weighted by molar-refractivity contribution is -0.148. The number of anilines is 2. The number of carbonyl (C=O) groups excluding carboxylic acids is 1. The van der Waals surface area contributed by atoms with Gasteiger partial charge < -0.3 is 29.1 Å². The predicted molar refractivity (Wildman–Crippen MR) is 198 cm³/mol. The maximum Gasteiger partial charge on any atom is 0.412 e. The molecule has 7 heterocycles. The minimum Gasteiger partial charge on any atom is -0.465 e. The van der Waals surface area contributed by atoms with Crippen molar-refractivity contribution in [3.8, 4) is 6.01 Å². The third kappa shape index (κ3) is 6.37. The van der Waals surface area contributed by atoms with Gasteiger partial charge in [-0.15, -0.1) is 0 Å². The Kier molecular flexibility index (Phi) is 9.12. The van der Waals surface area contributed by atoms with Crippen LogP contribution in [-0.2, 0) is 41.2 Å². The normalized spacial score (nSPS) is 26.5. The standard InChI is InChI=1S/C39H51FN8O6/c1-24-28-10-9-26(48(36(50)51)37(2,3)4)15-30(28)39(23-52-24)18-32-29(21-54-39)33(42-35(41-32)53-22-38-11-7-13-46(38)19-25(40)17-38)45-12-8-14-47-27(20-45)16-31(43-47)34(49)44(5)6/h9-10,15-16,24-25H,7-8,11-14,17-23H2,1-6H3,(H,50,51)/t24-,25+,38-,39-/m0/s1. The molecule has 1 spiro atoms. The number of aromatic nitrogens is 4. The van der Waals surface area contributed by atoms with E-state index in [9.17, 15) is 19.1 Å². The van der Waals surface area contributed by atoms with Crippen LogP contribution < -0.4 is 14.5 Å². The smallest absolute Gasteiger partial charge is 0.412 e. The maximum absolute atomic E-state index is 14.7. The van der Waals surface area contributed by atoms with Crippen molar-refractivity contribution in [2.75, 3.05) is 56.7 Å². The molecular formula is C39H51FN8O6. The Labute approximate surface area is 315 Å². The summed E-state index contributed by atoms with van der Waals surface area (Å²) in [5.74, 6) is 0.541. The van der Waals surface area contributed by atoms with Crippen LogP contribution >= 0.6 is 0 Å². The summed E-state index contributed by atoms with van der Waals surface area (Å²) in [5, 5.41) is 14.9. The van der Waals surface area contributed by atoms with E-state index in [0.717, 1.165) is 53.9 Å². The fraction of sp³-hybridized carbons (Fsp3) is 0.615. The zero-order chi connectivity index (χ0) is 38.2. The minimum absolute atomic E-state index is 0.153. The number of carbonyl (C=O) groups is 2. The monoisotopic (exact) mass is 746 g/mol. The lowest BCUT2D eigenvalue weighted by atomic mass is 9.80. The van der Waals surface area contributed by atoms with Crippen LogP contribution in [0.15, 0.2) is 24.3 Å². The second-order valence-electron chi connectivity index (χ2n) is 16.8. The molecule has 5 aliphatic rings. The molecule has 54 heavy (non-hydrogen) atoms. The summed E-state index contributed by atoms with van der Waals surface area (Å²) in [7, 11) is 3.43. The maximum atomic E-state index is 14.7. The number of hydrogen-bond donors (Lipinski definition) is 1. The van der Waals surface area contributed by atoms with Gasteiger partial charge in [-0.1, -0.05) is 6.07 Å². The SMILES string of the molecule is C[C@@H]1OC[C@@]2(Cc3nc(OC[C@@]45CCCN4C[C@H](F)C5)nc(N4CCCn5nc(C(=O)N(C)C)cc5C4)c3CO2)c2cc(N(C(=O)O)C(C)(C)C)ccc21. The Balaban J connectivity index is 1.19. The highest BCUT2D eigenvalue weighted by Gasteiger charge is 2.50. The first-order chi connectivity index (χ1) is 25.7. The summed E-state index contributed by atoms with van der Waals surface area (Å²) in [6, 6.07) is 7.79. The fourth-order valence-electron chi connectivity index (χ4n) is 9.18. The van der Waals surface area contributed by atoms with Crippen molar-refractivity contribution in [3.63, 3.8) is 0 Å². The van der Waals surface area contributed by atoms with Crippen molar-refractivity contribution in [2.24, 2.45) is 0 Å². The number of benzene rings is 1. The van der Waals surface area contributed by atoms with E-state index in [1.165, 1.54) is 9.80 Å². The second kappa shape index (κ2) is 13.4. The number of nitrogens with zero attached hydrogens (tertiary/aromatic N) is 8. The van der Waals surface area contributed by atoms with Crippen LogP contribution in [0.4, 0.5) is 20.7 Å². The summed E-state index contributed by atoms with van der Waals surface area (Å²) in [6.45, 7) is 11.4. The highest BCUT2D eigenvalue weighted by Crippen LogP contribution is 2.47. The van der Waals surface area contributed by atoms with Crippen molar-refractivity contribution in [1.29, 1.82) is 0 Å². The van der Waals surface area contributed by atoms with Crippen LogP contribution in [0, 0.1) is 0 Å². The van der Waals surface area contributed by atoms with Gasteiger partial charge >= 0.3 is 12.1 Å². The third-order valence-electron chi connectivity index (χ3n) is 11.8. The number of hydrogen-bond acceptors (Lipinski definition) is 10. The van der Waals surface area contributed by atoms with Gasteiger partial charge in [-0.3, -0.25) is 19.3 Å². The van der Waals surface area contributed by atoms with Gasteiger partial charge in [-0.05, 0) is 82.8 Å². The molecule has 290 valence electrons. The van der Waals surface area contributed by atoms with Crippen LogP contribution in [-0.4, -0.2) is 111 Å². The molecule has 0 unspecified atom stereocenters. The Morgan fingerprint density at radius 1 is 1.13 bits per heavy atom. The Morgan fingerprint density at radius 3 is 2.70 bits per heavy atom. The van der Waals surface area contributed by atoms with Gasteiger partial charge in [0.25, 0.3) is 5.91 Å². The average molecular weight is 747 g/mol. The van der Waals surface area contributed by atoms with Crippen LogP contribution in [0.25, 0.3) is 0 Å². The summed E-state index contributed by atoms with van der Waals surface area (Å²) in [4.78, 5) is 42.8. The largest absolute Gasteiger partial charge is 0.465 e. The van der Waals surface area contributed by atoms with Gasteiger partial charge in [0.2, 0.25) is 0 Å². The van der Waals surface area contributed by atoms with Gasteiger partial charge in [0, 0.05) is 63.4 Å². The minimum atomic E-state index is -1.04. The summed E-state index contributed by atoms with van der Waals surface area (Å²) in [6.07, 6.45) is 1.27. The molecule has 1 aromatic carbocycles. The van der Waals surface area contributed by atoms with E-state index in [1.54, 1.807) is 14.1 Å². The van der Waals surface area contributed by atoms with E-state index in [0.29, 0.717) is 62.8 Å². The molecule has 14 nitrogen and oxygen atoms in total. The molecular weight excluding hydrogens is 695 g/mol. The van der Waals surface area contributed by atoms with Gasteiger partial charge in [0.15, 0.2) is 5.69 Å². The van der Waals surface area contributed by atoms with E-state index in [1.807, 2.05) is 56.6 Å². The summed E-state index contributed by atoms with van der Waals surface area (Å²) in [5.41, 5.74) is 3.27. The number of ether oxygens (including phenoxy) is 3. The predicted octanol–water partition coefficient (Wildman–Crippen LogP) is 5.08. The van der Waals surface area contributed by atoms with Crippen LogP contribution in [0.1, 0.15) is 98.0 Å². The molecule has 4 atom stereocenters. The number of amides is 2. The Bertz CT molecular complexity index is 1960. The average Bonchev–Trinajstić information content (AvgIpc) is 3.74. The molecule has 1 N–H and O–H groups in total. The van der Waals surface area contributed by atoms with E-state index in [2.05, 4.69) is 14.9 Å². The molecule has 5 aliphatic heterocycles. The zero-order valence-corrected chi connectivity index (χ0v) is 32.1. The molecule has 2 fully saturated rings. The number of aryl methyl sites for hydroxylation is 1. The van der Waals surface area contributed by atoms with Crippen LogP contribution in [0.5, 0.6) is 6.01 Å². The molecule has 8 rings (SSSR count).